The van der Waals surface area contributed by atoms with Crippen molar-refractivity contribution in [3.8, 4) is 0 Å². The zero-order chi connectivity index (χ0) is 12.2. The van der Waals surface area contributed by atoms with Gasteiger partial charge in [-0.2, -0.15) is 0 Å². The van der Waals surface area contributed by atoms with E-state index in [9.17, 15) is 4.79 Å². The minimum Gasteiger partial charge on any atom is -0.338 e. The molecule has 0 aromatic carbocycles. The molecule has 4 heteroatoms. The first-order valence-electron chi connectivity index (χ1n) is 6.11. The molecule has 1 atom stereocenters. The molecule has 16 heavy (non-hydrogen) atoms. The van der Waals surface area contributed by atoms with Crippen molar-refractivity contribution >= 4 is 6.03 Å². The van der Waals surface area contributed by atoms with Gasteiger partial charge in [-0.25, -0.2) is 4.79 Å². The van der Waals surface area contributed by atoms with E-state index in [0.29, 0.717) is 5.92 Å². The maximum atomic E-state index is 11.5. The van der Waals surface area contributed by atoms with Crippen LogP contribution in [0, 0.1) is 5.92 Å². The first-order chi connectivity index (χ1) is 7.37. The Balaban J connectivity index is 2.21. The van der Waals surface area contributed by atoms with Crippen molar-refractivity contribution in [1.29, 1.82) is 0 Å². The number of amides is 2. The third-order valence-electron chi connectivity index (χ3n) is 2.76. The highest BCUT2D eigenvalue weighted by Gasteiger charge is 2.19. The van der Waals surface area contributed by atoms with Crippen molar-refractivity contribution in [3.63, 3.8) is 0 Å². The summed E-state index contributed by atoms with van der Waals surface area (Å²) in [7, 11) is 2.14. The lowest BCUT2D eigenvalue weighted by molar-refractivity contribution is 0.199. The largest absolute Gasteiger partial charge is 0.338 e. The molecule has 0 aliphatic carbocycles. The van der Waals surface area contributed by atoms with E-state index in [1.54, 1.807) is 0 Å². The van der Waals surface area contributed by atoms with E-state index in [1.807, 2.05) is 20.8 Å². The van der Waals surface area contributed by atoms with E-state index in [-0.39, 0.29) is 11.6 Å². The predicted molar refractivity (Wildman–Crippen MR) is 66.5 cm³/mol. The number of nitrogens with one attached hydrogen (secondary N) is 2. The summed E-state index contributed by atoms with van der Waals surface area (Å²) in [6.45, 7) is 9.02. The van der Waals surface area contributed by atoms with Gasteiger partial charge >= 0.3 is 6.03 Å². The fraction of sp³-hybridized carbons (Fsp3) is 0.917. The maximum absolute atomic E-state index is 11.5. The van der Waals surface area contributed by atoms with Gasteiger partial charge in [0.15, 0.2) is 0 Å². The molecule has 0 bridgehead atoms. The number of piperidine rings is 1. The lowest BCUT2D eigenvalue weighted by Gasteiger charge is -2.30. The van der Waals surface area contributed by atoms with Gasteiger partial charge in [-0.3, -0.25) is 0 Å². The molecule has 1 aliphatic rings. The van der Waals surface area contributed by atoms with E-state index in [2.05, 4.69) is 22.6 Å². The second kappa shape index (κ2) is 5.53. The van der Waals surface area contributed by atoms with E-state index in [1.165, 1.54) is 19.4 Å². The molecule has 0 saturated carbocycles. The molecule has 0 spiro atoms. The van der Waals surface area contributed by atoms with Crippen LogP contribution >= 0.6 is 0 Å². The molecule has 1 saturated heterocycles. The summed E-state index contributed by atoms with van der Waals surface area (Å²) in [5, 5.41) is 5.86. The van der Waals surface area contributed by atoms with Crippen molar-refractivity contribution < 1.29 is 4.79 Å². The Bertz CT molecular complexity index is 235. The van der Waals surface area contributed by atoms with Gasteiger partial charge in [0.1, 0.15) is 0 Å². The van der Waals surface area contributed by atoms with Gasteiger partial charge in [-0.1, -0.05) is 0 Å². The Labute approximate surface area is 98.8 Å². The molecule has 2 N–H and O–H groups in total. The van der Waals surface area contributed by atoms with E-state index >= 15 is 0 Å². The molecular weight excluding hydrogens is 202 g/mol. The van der Waals surface area contributed by atoms with Crippen LogP contribution in [0.1, 0.15) is 33.6 Å². The Morgan fingerprint density at radius 1 is 1.44 bits per heavy atom. The fourth-order valence-electron chi connectivity index (χ4n) is 2.06. The third kappa shape index (κ3) is 5.35. The zero-order valence-electron chi connectivity index (χ0n) is 11.0. The van der Waals surface area contributed by atoms with Crippen LogP contribution in [0.25, 0.3) is 0 Å². The minimum absolute atomic E-state index is 0.0549. The molecule has 0 radical (unpaired) electrons. The van der Waals surface area contributed by atoms with Crippen molar-refractivity contribution in [1.82, 2.24) is 15.5 Å². The second-order valence-electron chi connectivity index (χ2n) is 5.86. The highest BCUT2D eigenvalue weighted by Crippen LogP contribution is 2.13. The van der Waals surface area contributed by atoms with Gasteiger partial charge in [-0.15, -0.1) is 0 Å². The van der Waals surface area contributed by atoms with Crippen LogP contribution in [0.5, 0.6) is 0 Å². The smallest absolute Gasteiger partial charge is 0.315 e. The number of carbonyl (C=O) groups is 1. The van der Waals surface area contributed by atoms with Crippen molar-refractivity contribution in [2.45, 2.75) is 39.2 Å². The second-order valence-corrected chi connectivity index (χ2v) is 5.86. The standard InChI is InChI=1S/C12H25N3O/c1-12(2,3)14-11(16)13-8-10-6-5-7-15(4)9-10/h10H,5-9H2,1-4H3,(H2,13,14,16). The normalized spacial score (nSPS) is 22.9. The molecule has 1 rings (SSSR count). The average molecular weight is 227 g/mol. The molecule has 4 nitrogen and oxygen atoms in total. The van der Waals surface area contributed by atoms with Crippen molar-refractivity contribution in [3.05, 3.63) is 0 Å². The van der Waals surface area contributed by atoms with Crippen LogP contribution < -0.4 is 10.6 Å². The number of likely N-dealkylation sites (tertiary alicyclic amines) is 1. The molecule has 0 aromatic heterocycles. The Morgan fingerprint density at radius 2 is 2.12 bits per heavy atom. The highest BCUT2D eigenvalue weighted by molar-refractivity contribution is 5.74. The summed E-state index contributed by atoms with van der Waals surface area (Å²) in [4.78, 5) is 13.9. The Morgan fingerprint density at radius 3 is 2.69 bits per heavy atom. The van der Waals surface area contributed by atoms with Crippen molar-refractivity contribution in [2.24, 2.45) is 5.92 Å². The van der Waals surface area contributed by atoms with Crippen LogP contribution in [-0.4, -0.2) is 43.2 Å². The monoisotopic (exact) mass is 227 g/mol. The fourth-order valence-corrected chi connectivity index (χ4v) is 2.06. The molecular formula is C12H25N3O. The topological polar surface area (TPSA) is 44.4 Å². The molecule has 1 fully saturated rings. The summed E-state index contributed by atoms with van der Waals surface area (Å²) >= 11 is 0. The predicted octanol–water partition coefficient (Wildman–Crippen LogP) is 1.43. The van der Waals surface area contributed by atoms with E-state index in [4.69, 9.17) is 0 Å². The molecule has 1 unspecified atom stereocenters. The molecule has 94 valence electrons. The van der Waals surface area contributed by atoms with Crippen LogP contribution in [0.15, 0.2) is 0 Å². The summed E-state index contributed by atoms with van der Waals surface area (Å²) in [5.74, 6) is 0.601. The molecule has 2 amide bonds. The van der Waals surface area contributed by atoms with Crippen LogP contribution in [0.4, 0.5) is 4.79 Å². The molecule has 1 aliphatic heterocycles. The first-order valence-corrected chi connectivity index (χ1v) is 6.11. The van der Waals surface area contributed by atoms with Gasteiger partial charge in [-0.05, 0) is 53.1 Å². The minimum atomic E-state index is -0.159. The summed E-state index contributed by atoms with van der Waals surface area (Å²) in [6.07, 6.45) is 2.46. The van der Waals surface area contributed by atoms with Gasteiger partial charge < -0.3 is 15.5 Å². The number of nitrogens with zero attached hydrogens (tertiary/aromatic N) is 1. The van der Waals surface area contributed by atoms with Gasteiger partial charge in [0.2, 0.25) is 0 Å². The van der Waals surface area contributed by atoms with Crippen LogP contribution in [0.3, 0.4) is 0 Å². The lowest BCUT2D eigenvalue weighted by atomic mass is 9.98. The molecule has 0 aromatic rings. The third-order valence-corrected chi connectivity index (χ3v) is 2.76. The van der Waals surface area contributed by atoms with Gasteiger partial charge in [0.05, 0.1) is 0 Å². The zero-order valence-corrected chi connectivity index (χ0v) is 11.0. The quantitative estimate of drug-likeness (QED) is 0.749. The summed E-state index contributed by atoms with van der Waals surface area (Å²) in [5.41, 5.74) is -0.159. The van der Waals surface area contributed by atoms with Gasteiger partial charge in [0, 0.05) is 18.6 Å². The number of hydrogen-bond donors (Lipinski definition) is 2. The van der Waals surface area contributed by atoms with E-state index < -0.39 is 0 Å². The van der Waals surface area contributed by atoms with Crippen LogP contribution in [0.2, 0.25) is 0 Å². The lowest BCUT2D eigenvalue weighted by Crippen LogP contribution is -2.48. The van der Waals surface area contributed by atoms with Crippen LogP contribution in [-0.2, 0) is 0 Å². The van der Waals surface area contributed by atoms with Gasteiger partial charge in [0.25, 0.3) is 0 Å². The molecule has 1 heterocycles. The number of urea groups is 1. The summed E-state index contributed by atoms with van der Waals surface area (Å²) < 4.78 is 0. The number of rotatable bonds is 2. The average Bonchev–Trinajstić information content (AvgIpc) is 2.12. The number of hydrogen-bond acceptors (Lipinski definition) is 2. The SMILES string of the molecule is CN1CCCC(CNC(=O)NC(C)(C)C)C1. The highest BCUT2D eigenvalue weighted by atomic mass is 16.2. The first kappa shape index (κ1) is 13.3. The number of carbonyl (C=O) groups excluding carboxylic acids is 1. The van der Waals surface area contributed by atoms with Crippen molar-refractivity contribution in [2.75, 3.05) is 26.7 Å². The summed E-state index contributed by atoms with van der Waals surface area (Å²) in [6, 6.07) is -0.0549. The maximum Gasteiger partial charge on any atom is 0.315 e. The Hall–Kier alpha value is -0.770. The van der Waals surface area contributed by atoms with E-state index in [0.717, 1.165) is 13.1 Å². The Kier molecular flexibility index (Phi) is 4.59.